The molecule has 1 amide bonds. The Balaban J connectivity index is 1.10. The molecule has 6 rings (SSSR count). The van der Waals surface area contributed by atoms with Crippen molar-refractivity contribution >= 4 is 16.8 Å². The van der Waals surface area contributed by atoms with Gasteiger partial charge in [0.15, 0.2) is 6.10 Å². The average molecular weight is 580 g/mol. The number of likely N-dealkylation sites (tertiary alicyclic amines) is 1. The third kappa shape index (κ3) is 6.42. The van der Waals surface area contributed by atoms with Gasteiger partial charge < -0.3 is 20.1 Å². The lowest BCUT2D eigenvalue weighted by atomic mass is 10.0. The third-order valence-corrected chi connectivity index (χ3v) is 7.99. The summed E-state index contributed by atoms with van der Waals surface area (Å²) >= 11 is 0. The summed E-state index contributed by atoms with van der Waals surface area (Å²) < 4.78 is 44.0. The Kier molecular flexibility index (Phi) is 7.87. The zero-order valence-electron chi connectivity index (χ0n) is 22.8. The van der Waals surface area contributed by atoms with Crippen LogP contribution < -0.4 is 10.1 Å². The minimum atomic E-state index is -4.61. The molecule has 0 radical (unpaired) electrons. The van der Waals surface area contributed by atoms with Crippen LogP contribution in [0.4, 0.5) is 13.2 Å². The molecule has 3 heterocycles. The molecule has 4 aromatic rings. The molecule has 220 valence electrons. The fourth-order valence-corrected chi connectivity index (χ4v) is 5.46. The van der Waals surface area contributed by atoms with Gasteiger partial charge in [-0.1, -0.05) is 6.07 Å². The van der Waals surface area contributed by atoms with Gasteiger partial charge in [-0.15, -0.1) is 0 Å². The number of pyridine rings is 1. The molecular weight excluding hydrogens is 547 g/mol. The summed E-state index contributed by atoms with van der Waals surface area (Å²) in [7, 11) is 0. The van der Waals surface area contributed by atoms with E-state index in [4.69, 9.17) is 4.74 Å². The number of β-amino-alcohol motifs (C(OH)–C–C–N with tert-alkyl or cyclic N) is 1. The first kappa shape index (κ1) is 28.2. The molecule has 3 N–H and O–H groups in total. The number of aromatic nitrogens is 3. The van der Waals surface area contributed by atoms with Crippen LogP contribution in [0.2, 0.25) is 0 Å². The van der Waals surface area contributed by atoms with Gasteiger partial charge in [0.1, 0.15) is 11.9 Å². The second-order valence-electron chi connectivity index (χ2n) is 11.1. The number of hydrogen-bond donors (Lipinski definition) is 3. The van der Waals surface area contributed by atoms with E-state index in [0.29, 0.717) is 48.9 Å². The summed E-state index contributed by atoms with van der Waals surface area (Å²) in [5.74, 6) is 0.898. The zero-order chi connectivity index (χ0) is 29.3. The van der Waals surface area contributed by atoms with Crippen molar-refractivity contribution in [3.63, 3.8) is 0 Å². The molecule has 1 saturated heterocycles. The second kappa shape index (κ2) is 11.7. The first-order valence-corrected chi connectivity index (χ1v) is 14.2. The molecule has 0 bridgehead atoms. The lowest BCUT2D eigenvalue weighted by Crippen LogP contribution is -2.45. The number of aliphatic hydroxyl groups excluding tert-OH is 1. The number of benzene rings is 2. The number of rotatable bonds is 9. The average Bonchev–Trinajstić information content (AvgIpc) is 3.75. The fourth-order valence-electron chi connectivity index (χ4n) is 5.46. The number of carbonyl (C=O) groups is 1. The van der Waals surface area contributed by atoms with Crippen LogP contribution in [-0.4, -0.2) is 69.1 Å². The normalized spacial score (nSPS) is 18.1. The van der Waals surface area contributed by atoms with Crippen LogP contribution in [0.15, 0.2) is 66.9 Å². The molecule has 2 atom stereocenters. The fraction of sp³-hybridized carbons (Fsp3) is 0.387. The zero-order valence-corrected chi connectivity index (χ0v) is 22.8. The summed E-state index contributed by atoms with van der Waals surface area (Å²) in [6.07, 6.45) is -2.04. The first-order valence-electron chi connectivity index (χ1n) is 14.2. The number of halogens is 3. The van der Waals surface area contributed by atoms with Crippen molar-refractivity contribution in [1.29, 1.82) is 0 Å². The van der Waals surface area contributed by atoms with Gasteiger partial charge in [0.05, 0.1) is 22.9 Å². The van der Waals surface area contributed by atoms with E-state index in [1.807, 2.05) is 54.6 Å². The van der Waals surface area contributed by atoms with Crippen LogP contribution >= 0.6 is 0 Å². The topological polar surface area (TPSA) is 103 Å². The molecule has 1 aliphatic carbocycles. The molecule has 2 aliphatic rings. The molecule has 2 aromatic carbocycles. The van der Waals surface area contributed by atoms with Gasteiger partial charge in [-0.05, 0) is 86.2 Å². The van der Waals surface area contributed by atoms with Crippen molar-refractivity contribution in [2.24, 2.45) is 5.92 Å². The summed E-state index contributed by atoms with van der Waals surface area (Å²) in [5, 5.41) is 20.9. The number of ether oxygens (including phenoxy) is 1. The van der Waals surface area contributed by atoms with Crippen LogP contribution in [0.1, 0.15) is 47.8 Å². The number of fused-ring (bicyclic) bond motifs is 1. The summed E-state index contributed by atoms with van der Waals surface area (Å²) in [5.41, 5.74) is 3.79. The van der Waals surface area contributed by atoms with E-state index >= 15 is 0 Å². The van der Waals surface area contributed by atoms with Crippen molar-refractivity contribution < 1.29 is 27.8 Å². The van der Waals surface area contributed by atoms with Gasteiger partial charge in [0, 0.05) is 42.3 Å². The number of nitrogens with zero attached hydrogens (tertiary/aromatic N) is 3. The minimum absolute atomic E-state index is 0.118. The van der Waals surface area contributed by atoms with Gasteiger partial charge in [-0.3, -0.25) is 14.9 Å². The SMILES string of the molecule is O=C(NC(c1ccccn1)C1CC1)c1ccc2[nH]nc(-c3ccc(OC4CCN(CC(O)C(F)(F)F)CC4)cc3)c2c1. The van der Waals surface area contributed by atoms with Crippen LogP contribution in [0.5, 0.6) is 5.75 Å². The molecule has 0 spiro atoms. The van der Waals surface area contributed by atoms with Crippen molar-refractivity contribution in [2.45, 2.75) is 50.1 Å². The number of aromatic amines is 1. The second-order valence-corrected chi connectivity index (χ2v) is 11.1. The Hall–Kier alpha value is -3.96. The maximum atomic E-state index is 13.3. The van der Waals surface area contributed by atoms with E-state index in [2.05, 4.69) is 20.5 Å². The number of aliphatic hydroxyl groups is 1. The maximum absolute atomic E-state index is 13.3. The van der Waals surface area contributed by atoms with E-state index < -0.39 is 18.8 Å². The van der Waals surface area contributed by atoms with Crippen molar-refractivity contribution in [1.82, 2.24) is 25.4 Å². The molecule has 1 saturated carbocycles. The lowest BCUT2D eigenvalue weighted by Gasteiger charge is -2.33. The maximum Gasteiger partial charge on any atom is 0.415 e. The molecular formula is C31H32F3N5O3. The van der Waals surface area contributed by atoms with E-state index in [1.165, 1.54) is 0 Å². The number of carbonyl (C=O) groups excluding carboxylic acids is 1. The molecule has 2 aromatic heterocycles. The predicted molar refractivity (Wildman–Crippen MR) is 151 cm³/mol. The van der Waals surface area contributed by atoms with Crippen molar-refractivity contribution in [3.8, 4) is 17.0 Å². The highest BCUT2D eigenvalue weighted by Crippen LogP contribution is 2.40. The van der Waals surface area contributed by atoms with Crippen LogP contribution in [-0.2, 0) is 0 Å². The predicted octanol–water partition coefficient (Wildman–Crippen LogP) is 5.27. The van der Waals surface area contributed by atoms with Crippen LogP contribution in [0, 0.1) is 5.92 Å². The highest BCUT2D eigenvalue weighted by Gasteiger charge is 2.39. The molecule has 42 heavy (non-hydrogen) atoms. The highest BCUT2D eigenvalue weighted by molar-refractivity contribution is 6.01. The Morgan fingerprint density at radius 3 is 2.50 bits per heavy atom. The van der Waals surface area contributed by atoms with Gasteiger partial charge in [-0.25, -0.2) is 0 Å². The standard InChI is InChI=1S/C31H32F3N5O3/c32-31(33,34)27(40)18-39-15-12-23(13-16-39)42-22-9-6-19(7-10-22)28-24-17-21(8-11-25(24)37-38-28)30(41)36-29(20-4-5-20)26-3-1-2-14-35-26/h1-3,6-11,14,17,20,23,27,29,40H,4-5,12-13,15-16,18H2,(H,36,41)(H,37,38). The first-order chi connectivity index (χ1) is 20.2. The van der Waals surface area contributed by atoms with Crippen LogP contribution in [0.3, 0.4) is 0 Å². The largest absolute Gasteiger partial charge is 0.490 e. The van der Waals surface area contributed by atoms with E-state index in [9.17, 15) is 23.1 Å². The Morgan fingerprint density at radius 2 is 1.83 bits per heavy atom. The number of alkyl halides is 3. The van der Waals surface area contributed by atoms with Crippen LogP contribution in [0.25, 0.3) is 22.2 Å². The molecule has 11 heteroatoms. The number of hydrogen-bond acceptors (Lipinski definition) is 6. The van der Waals surface area contributed by atoms with Crippen molar-refractivity contribution in [2.75, 3.05) is 19.6 Å². The Morgan fingerprint density at radius 1 is 1.07 bits per heavy atom. The summed E-state index contributed by atoms with van der Waals surface area (Å²) in [4.78, 5) is 19.3. The lowest BCUT2D eigenvalue weighted by molar-refractivity contribution is -0.208. The number of nitrogens with one attached hydrogen (secondary N) is 2. The molecule has 2 fully saturated rings. The van der Waals surface area contributed by atoms with E-state index in [1.54, 1.807) is 17.2 Å². The van der Waals surface area contributed by atoms with E-state index in [0.717, 1.165) is 35.0 Å². The molecule has 1 aliphatic heterocycles. The Labute approximate surface area is 240 Å². The number of H-pyrrole nitrogens is 1. The Bertz CT molecular complexity index is 1510. The molecule has 2 unspecified atom stereocenters. The number of piperidine rings is 1. The quantitative estimate of drug-likeness (QED) is 0.250. The van der Waals surface area contributed by atoms with Crippen molar-refractivity contribution in [3.05, 3.63) is 78.1 Å². The third-order valence-electron chi connectivity index (χ3n) is 7.99. The molecule has 8 nitrogen and oxygen atoms in total. The van der Waals surface area contributed by atoms with E-state index in [-0.39, 0.29) is 18.1 Å². The van der Waals surface area contributed by atoms with Gasteiger partial charge in [-0.2, -0.15) is 18.3 Å². The summed E-state index contributed by atoms with van der Waals surface area (Å²) in [6.45, 7) is 0.430. The monoisotopic (exact) mass is 579 g/mol. The summed E-state index contributed by atoms with van der Waals surface area (Å²) in [6, 6.07) is 18.6. The number of amides is 1. The van der Waals surface area contributed by atoms with Gasteiger partial charge >= 0.3 is 6.18 Å². The highest BCUT2D eigenvalue weighted by atomic mass is 19.4. The smallest absolute Gasteiger partial charge is 0.415 e. The minimum Gasteiger partial charge on any atom is -0.490 e. The van der Waals surface area contributed by atoms with Gasteiger partial charge in [0.2, 0.25) is 0 Å². The van der Waals surface area contributed by atoms with Gasteiger partial charge in [0.25, 0.3) is 5.91 Å².